The molecule has 11 heavy (non-hydrogen) atoms. The van der Waals surface area contributed by atoms with Crippen LogP contribution in [0.4, 0.5) is 0 Å². The lowest BCUT2D eigenvalue weighted by molar-refractivity contribution is 1.20. The smallest absolute Gasteiger partial charge is 0.0484 e. The first-order valence-corrected chi connectivity index (χ1v) is 3.77. The minimum atomic E-state index is 1.27. The van der Waals surface area contributed by atoms with Gasteiger partial charge in [0.2, 0.25) is 0 Å². The van der Waals surface area contributed by atoms with E-state index in [0.717, 1.165) is 0 Å². The summed E-state index contributed by atoms with van der Waals surface area (Å²) in [5.74, 6) is 0. The molecule has 0 saturated heterocycles. The van der Waals surface area contributed by atoms with E-state index in [0.29, 0.717) is 0 Å². The molecule has 0 fully saturated rings. The van der Waals surface area contributed by atoms with E-state index >= 15 is 0 Å². The molecule has 0 saturated carbocycles. The summed E-state index contributed by atoms with van der Waals surface area (Å²) in [6, 6.07) is 8.33. The van der Waals surface area contributed by atoms with E-state index < -0.39 is 0 Å². The van der Waals surface area contributed by atoms with Crippen LogP contribution in [0.2, 0.25) is 0 Å². The van der Waals surface area contributed by atoms with Crippen LogP contribution in [0.3, 0.4) is 0 Å². The molecule has 0 atom stereocenters. The minimum Gasteiger partial charge on any atom is -0.324 e. The first-order chi connectivity index (χ1) is 5.42. The summed E-state index contributed by atoms with van der Waals surface area (Å²) in [5.41, 5.74) is 2.57. The molecule has 2 aromatic heterocycles. The summed E-state index contributed by atoms with van der Waals surface area (Å²) in [6.07, 6.45) is 6.25. The standard InChI is InChI=1S/C10H10N/c1-2-9-6-8-11-7-4-3-5-10(9)11/h2-8H,1H3. The van der Waals surface area contributed by atoms with E-state index in [1.165, 1.54) is 11.1 Å². The summed E-state index contributed by atoms with van der Waals surface area (Å²) in [7, 11) is 0. The Hall–Kier alpha value is -1.24. The van der Waals surface area contributed by atoms with Gasteiger partial charge in [0.15, 0.2) is 0 Å². The van der Waals surface area contributed by atoms with E-state index in [1.807, 2.05) is 6.07 Å². The molecule has 0 aromatic carbocycles. The maximum atomic E-state index is 2.12. The molecule has 0 amide bonds. The molecule has 0 aliphatic rings. The highest BCUT2D eigenvalue weighted by Crippen LogP contribution is 2.12. The third-order valence-corrected chi connectivity index (χ3v) is 1.91. The van der Waals surface area contributed by atoms with Crippen LogP contribution in [0.5, 0.6) is 0 Å². The van der Waals surface area contributed by atoms with Crippen molar-refractivity contribution in [2.24, 2.45) is 0 Å². The van der Waals surface area contributed by atoms with Crippen molar-refractivity contribution in [2.45, 2.75) is 6.92 Å². The molecule has 0 aliphatic heterocycles. The minimum absolute atomic E-state index is 1.27. The monoisotopic (exact) mass is 144 g/mol. The molecule has 55 valence electrons. The van der Waals surface area contributed by atoms with Gasteiger partial charge in [-0.25, -0.2) is 0 Å². The quantitative estimate of drug-likeness (QED) is 0.579. The van der Waals surface area contributed by atoms with E-state index in [9.17, 15) is 0 Å². The van der Waals surface area contributed by atoms with Crippen LogP contribution in [-0.2, 0) is 0 Å². The second-order valence-electron chi connectivity index (χ2n) is 2.55. The van der Waals surface area contributed by atoms with E-state index in [4.69, 9.17) is 0 Å². The molecule has 0 spiro atoms. The largest absolute Gasteiger partial charge is 0.324 e. The van der Waals surface area contributed by atoms with Crippen LogP contribution in [0.25, 0.3) is 5.52 Å². The molecule has 0 bridgehead atoms. The lowest BCUT2D eigenvalue weighted by Crippen LogP contribution is -1.80. The predicted molar refractivity (Wildman–Crippen MR) is 46.5 cm³/mol. The lowest BCUT2D eigenvalue weighted by Gasteiger charge is -1.94. The number of hydrogen-bond donors (Lipinski definition) is 0. The summed E-state index contributed by atoms with van der Waals surface area (Å²) in [6.45, 7) is 2.06. The number of rotatable bonds is 1. The Morgan fingerprint density at radius 3 is 2.91 bits per heavy atom. The second kappa shape index (κ2) is 2.42. The number of nitrogens with zero attached hydrogens (tertiary/aromatic N) is 1. The number of pyridine rings is 1. The van der Waals surface area contributed by atoms with E-state index in [1.54, 1.807) is 0 Å². The van der Waals surface area contributed by atoms with Gasteiger partial charge in [-0.15, -0.1) is 0 Å². The van der Waals surface area contributed by atoms with Gasteiger partial charge in [0.05, 0.1) is 0 Å². The van der Waals surface area contributed by atoms with Crippen LogP contribution in [-0.4, -0.2) is 4.40 Å². The Kier molecular flexibility index (Phi) is 1.42. The molecule has 1 radical (unpaired) electrons. The van der Waals surface area contributed by atoms with Gasteiger partial charge in [-0.2, -0.15) is 0 Å². The fourth-order valence-corrected chi connectivity index (χ4v) is 1.32. The van der Waals surface area contributed by atoms with Crippen molar-refractivity contribution in [2.75, 3.05) is 0 Å². The molecule has 0 unspecified atom stereocenters. The third kappa shape index (κ3) is 0.929. The van der Waals surface area contributed by atoms with Crippen molar-refractivity contribution in [3.05, 3.63) is 48.6 Å². The maximum Gasteiger partial charge on any atom is 0.0484 e. The van der Waals surface area contributed by atoms with Gasteiger partial charge in [-0.3, -0.25) is 0 Å². The van der Waals surface area contributed by atoms with Crippen LogP contribution in [0.15, 0.2) is 36.7 Å². The van der Waals surface area contributed by atoms with Crippen molar-refractivity contribution in [1.29, 1.82) is 0 Å². The SMILES string of the molecule is C[CH]c1ccn2ccccc12. The zero-order valence-corrected chi connectivity index (χ0v) is 6.49. The van der Waals surface area contributed by atoms with Crippen molar-refractivity contribution >= 4 is 5.52 Å². The van der Waals surface area contributed by atoms with Gasteiger partial charge >= 0.3 is 0 Å². The van der Waals surface area contributed by atoms with Crippen molar-refractivity contribution < 1.29 is 0 Å². The predicted octanol–water partition coefficient (Wildman–Crippen LogP) is 2.51. The van der Waals surface area contributed by atoms with Gasteiger partial charge < -0.3 is 4.40 Å². The lowest BCUT2D eigenvalue weighted by atomic mass is 10.2. The molecule has 2 heterocycles. The number of hydrogen-bond acceptors (Lipinski definition) is 0. The molecule has 0 N–H and O–H groups in total. The van der Waals surface area contributed by atoms with Crippen LogP contribution in [0, 0.1) is 6.42 Å². The van der Waals surface area contributed by atoms with Crippen molar-refractivity contribution in [1.82, 2.24) is 4.40 Å². The topological polar surface area (TPSA) is 4.41 Å². The van der Waals surface area contributed by atoms with Crippen LogP contribution < -0.4 is 0 Å². The van der Waals surface area contributed by atoms with Gasteiger partial charge in [-0.1, -0.05) is 13.0 Å². The fraction of sp³-hybridized carbons (Fsp3) is 0.100. The zero-order chi connectivity index (χ0) is 7.68. The maximum absolute atomic E-state index is 2.12. The van der Waals surface area contributed by atoms with Crippen molar-refractivity contribution in [3.8, 4) is 0 Å². The number of fused-ring (bicyclic) bond motifs is 1. The first-order valence-electron chi connectivity index (χ1n) is 3.77. The Morgan fingerprint density at radius 1 is 1.18 bits per heavy atom. The van der Waals surface area contributed by atoms with Crippen LogP contribution in [0.1, 0.15) is 12.5 Å². The van der Waals surface area contributed by atoms with Crippen LogP contribution >= 0.6 is 0 Å². The van der Waals surface area contributed by atoms with E-state index in [-0.39, 0.29) is 0 Å². The Labute approximate surface area is 66.3 Å². The highest BCUT2D eigenvalue weighted by molar-refractivity contribution is 5.58. The molecular formula is C10H10N. The molecule has 0 aliphatic carbocycles. The third-order valence-electron chi connectivity index (χ3n) is 1.91. The Morgan fingerprint density at radius 2 is 2.09 bits per heavy atom. The molecule has 1 nitrogen and oxygen atoms in total. The van der Waals surface area contributed by atoms with Gasteiger partial charge in [0.25, 0.3) is 0 Å². The highest BCUT2D eigenvalue weighted by Gasteiger charge is 1.96. The fourth-order valence-electron chi connectivity index (χ4n) is 1.32. The second-order valence-corrected chi connectivity index (χ2v) is 2.55. The summed E-state index contributed by atoms with van der Waals surface area (Å²) in [5, 5.41) is 0. The summed E-state index contributed by atoms with van der Waals surface area (Å²) in [4.78, 5) is 0. The van der Waals surface area contributed by atoms with Gasteiger partial charge in [0.1, 0.15) is 0 Å². The van der Waals surface area contributed by atoms with E-state index in [2.05, 4.69) is 48.3 Å². The van der Waals surface area contributed by atoms with Gasteiger partial charge in [0, 0.05) is 17.9 Å². The normalized spacial score (nSPS) is 10.6. The molecular weight excluding hydrogens is 134 g/mol. The molecule has 1 heteroatoms. The summed E-state index contributed by atoms with van der Waals surface area (Å²) < 4.78 is 2.12. The van der Waals surface area contributed by atoms with Crippen molar-refractivity contribution in [3.63, 3.8) is 0 Å². The summed E-state index contributed by atoms with van der Waals surface area (Å²) >= 11 is 0. The average Bonchev–Trinajstić information content (AvgIpc) is 2.47. The first kappa shape index (κ1) is 6.47. The average molecular weight is 144 g/mol. The Balaban J connectivity index is 2.76. The molecule has 2 rings (SSSR count). The zero-order valence-electron chi connectivity index (χ0n) is 6.49. The molecule has 2 aromatic rings. The number of aromatic nitrogens is 1. The highest BCUT2D eigenvalue weighted by atomic mass is 14.8. The van der Waals surface area contributed by atoms with Gasteiger partial charge in [-0.05, 0) is 30.2 Å². The Bertz CT molecular complexity index is 360.